The Hall–Kier alpha value is -0.970. The van der Waals surface area contributed by atoms with Crippen molar-refractivity contribution in [3.63, 3.8) is 0 Å². The number of rotatable bonds is 3. The molecule has 112 valence electrons. The molecule has 2 N–H and O–H groups in total. The molecule has 1 heterocycles. The predicted octanol–water partition coefficient (Wildman–Crippen LogP) is 2.71. The summed E-state index contributed by atoms with van der Waals surface area (Å²) < 4.78 is 18.9. The van der Waals surface area contributed by atoms with Crippen molar-refractivity contribution in [1.29, 1.82) is 0 Å². The average Bonchev–Trinajstić information content (AvgIpc) is 2.35. The fourth-order valence-corrected chi connectivity index (χ4v) is 3.00. The highest BCUT2D eigenvalue weighted by atomic mass is 19.1. The van der Waals surface area contributed by atoms with E-state index in [1.165, 1.54) is 12.1 Å². The Labute approximate surface area is 120 Å². The second kappa shape index (κ2) is 5.80. The van der Waals surface area contributed by atoms with Crippen LogP contribution in [0.4, 0.5) is 4.39 Å². The molecule has 0 radical (unpaired) electrons. The van der Waals surface area contributed by atoms with Crippen molar-refractivity contribution >= 4 is 0 Å². The van der Waals surface area contributed by atoms with Gasteiger partial charge in [0.05, 0.1) is 11.7 Å². The SMILES string of the molecule is CC1CN(C(C)C(N)c2ccc(F)cc2)CC(C)(C)O1. The van der Waals surface area contributed by atoms with Gasteiger partial charge in [0.25, 0.3) is 0 Å². The summed E-state index contributed by atoms with van der Waals surface area (Å²) >= 11 is 0. The van der Waals surface area contributed by atoms with E-state index in [9.17, 15) is 4.39 Å². The maximum atomic E-state index is 13.0. The molecular weight excluding hydrogens is 255 g/mol. The van der Waals surface area contributed by atoms with Gasteiger partial charge in [0, 0.05) is 25.2 Å². The summed E-state index contributed by atoms with van der Waals surface area (Å²) in [5.74, 6) is -0.227. The van der Waals surface area contributed by atoms with Crippen LogP contribution in [-0.2, 0) is 4.74 Å². The van der Waals surface area contributed by atoms with E-state index in [1.54, 1.807) is 12.1 Å². The molecular formula is C16H25FN2O. The largest absolute Gasteiger partial charge is 0.370 e. The second-order valence-corrected chi connectivity index (χ2v) is 6.44. The lowest BCUT2D eigenvalue weighted by atomic mass is 9.97. The third-order valence-corrected chi connectivity index (χ3v) is 3.95. The maximum Gasteiger partial charge on any atom is 0.123 e. The van der Waals surface area contributed by atoms with Gasteiger partial charge in [0.15, 0.2) is 0 Å². The van der Waals surface area contributed by atoms with Crippen molar-refractivity contribution in [2.45, 2.75) is 51.5 Å². The van der Waals surface area contributed by atoms with Crippen molar-refractivity contribution in [2.24, 2.45) is 5.73 Å². The number of ether oxygens (including phenoxy) is 1. The summed E-state index contributed by atoms with van der Waals surface area (Å²) in [5, 5.41) is 0. The molecule has 1 aromatic carbocycles. The number of halogens is 1. The zero-order chi connectivity index (χ0) is 14.9. The zero-order valence-corrected chi connectivity index (χ0v) is 12.8. The zero-order valence-electron chi connectivity index (χ0n) is 12.8. The van der Waals surface area contributed by atoms with E-state index in [2.05, 4.69) is 32.6 Å². The summed E-state index contributed by atoms with van der Waals surface area (Å²) in [4.78, 5) is 2.36. The summed E-state index contributed by atoms with van der Waals surface area (Å²) in [7, 11) is 0. The lowest BCUT2D eigenvalue weighted by Gasteiger charge is -2.45. The minimum Gasteiger partial charge on any atom is -0.370 e. The number of benzene rings is 1. The molecule has 0 aromatic heterocycles. The Morgan fingerprint density at radius 2 is 1.95 bits per heavy atom. The van der Waals surface area contributed by atoms with Crippen LogP contribution in [-0.4, -0.2) is 35.7 Å². The summed E-state index contributed by atoms with van der Waals surface area (Å²) in [6.07, 6.45) is 0.196. The minimum atomic E-state index is -0.227. The molecule has 0 saturated carbocycles. The first-order valence-corrected chi connectivity index (χ1v) is 7.21. The lowest BCUT2D eigenvalue weighted by Crippen LogP contribution is -2.56. The number of nitrogens with zero attached hydrogens (tertiary/aromatic N) is 1. The standard InChI is InChI=1S/C16H25FN2O/c1-11-9-19(10-16(3,4)20-11)12(2)15(18)13-5-7-14(17)8-6-13/h5-8,11-12,15H,9-10,18H2,1-4H3. The van der Waals surface area contributed by atoms with Gasteiger partial charge >= 0.3 is 0 Å². The van der Waals surface area contributed by atoms with E-state index in [1.807, 2.05) is 0 Å². The van der Waals surface area contributed by atoms with Gasteiger partial charge in [-0.3, -0.25) is 4.90 Å². The van der Waals surface area contributed by atoms with Crippen LogP contribution in [0.1, 0.15) is 39.3 Å². The fraction of sp³-hybridized carbons (Fsp3) is 0.625. The number of hydrogen-bond acceptors (Lipinski definition) is 3. The van der Waals surface area contributed by atoms with Crippen LogP contribution in [0.15, 0.2) is 24.3 Å². The Morgan fingerprint density at radius 3 is 2.50 bits per heavy atom. The summed E-state index contributed by atoms with van der Waals surface area (Å²) in [6.45, 7) is 10.1. The molecule has 1 aromatic rings. The second-order valence-electron chi connectivity index (χ2n) is 6.44. The van der Waals surface area contributed by atoms with E-state index in [4.69, 9.17) is 10.5 Å². The first-order chi connectivity index (χ1) is 9.28. The highest BCUT2D eigenvalue weighted by Gasteiger charge is 2.35. The minimum absolute atomic E-state index is 0.128. The molecule has 3 atom stereocenters. The highest BCUT2D eigenvalue weighted by Crippen LogP contribution is 2.26. The molecule has 0 amide bonds. The maximum absolute atomic E-state index is 13.0. The van der Waals surface area contributed by atoms with Gasteiger partial charge in [-0.05, 0) is 45.4 Å². The molecule has 2 rings (SSSR count). The molecule has 0 aliphatic carbocycles. The van der Waals surface area contributed by atoms with Crippen LogP contribution in [0, 0.1) is 5.82 Å². The van der Waals surface area contributed by atoms with Crippen molar-refractivity contribution in [3.8, 4) is 0 Å². The van der Waals surface area contributed by atoms with Crippen LogP contribution in [0.5, 0.6) is 0 Å². The number of morpholine rings is 1. The average molecular weight is 280 g/mol. The molecule has 0 bridgehead atoms. The van der Waals surface area contributed by atoms with Crippen LogP contribution >= 0.6 is 0 Å². The monoisotopic (exact) mass is 280 g/mol. The summed E-state index contributed by atoms with van der Waals surface area (Å²) in [5.41, 5.74) is 7.16. The van der Waals surface area contributed by atoms with E-state index in [0.29, 0.717) is 0 Å². The molecule has 1 aliphatic rings. The van der Waals surface area contributed by atoms with Gasteiger partial charge in [-0.25, -0.2) is 4.39 Å². The van der Waals surface area contributed by atoms with Crippen molar-refractivity contribution in [1.82, 2.24) is 4.90 Å². The normalized spacial score (nSPS) is 26.2. The van der Waals surface area contributed by atoms with E-state index >= 15 is 0 Å². The predicted molar refractivity (Wildman–Crippen MR) is 79.0 cm³/mol. The third kappa shape index (κ3) is 3.57. The first-order valence-electron chi connectivity index (χ1n) is 7.21. The highest BCUT2D eigenvalue weighted by molar-refractivity contribution is 5.21. The van der Waals surface area contributed by atoms with Crippen molar-refractivity contribution in [2.75, 3.05) is 13.1 Å². The molecule has 0 spiro atoms. The summed E-state index contributed by atoms with van der Waals surface area (Å²) in [6, 6.07) is 6.53. The molecule has 1 fully saturated rings. The molecule has 4 heteroatoms. The van der Waals surface area contributed by atoms with Crippen LogP contribution in [0.25, 0.3) is 0 Å². The Kier molecular flexibility index (Phi) is 4.47. The molecule has 1 saturated heterocycles. The van der Waals surface area contributed by atoms with Gasteiger partial charge in [-0.15, -0.1) is 0 Å². The molecule has 1 aliphatic heterocycles. The van der Waals surface area contributed by atoms with E-state index in [0.717, 1.165) is 18.7 Å². The molecule has 3 unspecified atom stereocenters. The smallest absolute Gasteiger partial charge is 0.123 e. The van der Waals surface area contributed by atoms with Crippen LogP contribution in [0.3, 0.4) is 0 Å². The fourth-order valence-electron chi connectivity index (χ4n) is 3.00. The topological polar surface area (TPSA) is 38.5 Å². The third-order valence-electron chi connectivity index (χ3n) is 3.95. The van der Waals surface area contributed by atoms with Gasteiger partial charge in [0.1, 0.15) is 5.82 Å². The quantitative estimate of drug-likeness (QED) is 0.925. The van der Waals surface area contributed by atoms with Gasteiger partial charge in [-0.1, -0.05) is 12.1 Å². The van der Waals surface area contributed by atoms with Gasteiger partial charge in [0.2, 0.25) is 0 Å². The first kappa shape index (κ1) is 15.4. The van der Waals surface area contributed by atoms with Gasteiger partial charge in [-0.2, -0.15) is 0 Å². The lowest BCUT2D eigenvalue weighted by molar-refractivity contribution is -0.138. The van der Waals surface area contributed by atoms with Crippen LogP contribution in [0.2, 0.25) is 0 Å². The van der Waals surface area contributed by atoms with Crippen molar-refractivity contribution < 1.29 is 9.13 Å². The molecule has 20 heavy (non-hydrogen) atoms. The molecule has 3 nitrogen and oxygen atoms in total. The van der Waals surface area contributed by atoms with Crippen molar-refractivity contribution in [3.05, 3.63) is 35.6 Å². The number of hydrogen-bond donors (Lipinski definition) is 1. The Morgan fingerprint density at radius 1 is 1.35 bits per heavy atom. The van der Waals surface area contributed by atoms with E-state index in [-0.39, 0.29) is 29.6 Å². The van der Waals surface area contributed by atoms with E-state index < -0.39 is 0 Å². The number of nitrogens with two attached hydrogens (primary N) is 1. The Balaban J connectivity index is 2.09. The van der Waals surface area contributed by atoms with Crippen LogP contribution < -0.4 is 5.73 Å². The van der Waals surface area contributed by atoms with Gasteiger partial charge < -0.3 is 10.5 Å². The Bertz CT molecular complexity index is 446.